The molecule has 0 aliphatic carbocycles. The van der Waals surface area contributed by atoms with Crippen molar-refractivity contribution in [3.05, 3.63) is 29.3 Å². The molecule has 1 rings (SSSR count). The minimum atomic E-state index is 0.830. The SMILES string of the molecule is CCCCc1cc(SC)ccc1C#N. The van der Waals surface area contributed by atoms with Crippen LogP contribution < -0.4 is 0 Å². The third kappa shape index (κ3) is 2.78. The van der Waals surface area contributed by atoms with Gasteiger partial charge in [-0.05, 0) is 42.9 Å². The van der Waals surface area contributed by atoms with Crippen LogP contribution >= 0.6 is 11.8 Å². The summed E-state index contributed by atoms with van der Waals surface area (Å²) in [6, 6.07) is 8.32. The molecule has 0 aliphatic heterocycles. The second kappa shape index (κ2) is 5.72. The van der Waals surface area contributed by atoms with Crippen molar-refractivity contribution in [2.45, 2.75) is 31.1 Å². The molecule has 74 valence electrons. The Morgan fingerprint density at radius 3 is 2.79 bits per heavy atom. The number of rotatable bonds is 4. The number of aryl methyl sites for hydroxylation is 1. The van der Waals surface area contributed by atoms with E-state index in [-0.39, 0.29) is 0 Å². The van der Waals surface area contributed by atoms with Gasteiger partial charge in [0.2, 0.25) is 0 Å². The van der Waals surface area contributed by atoms with Crippen LogP contribution in [0.25, 0.3) is 0 Å². The molecule has 0 saturated heterocycles. The Morgan fingerprint density at radius 1 is 1.43 bits per heavy atom. The number of hydrogen-bond donors (Lipinski definition) is 0. The van der Waals surface area contributed by atoms with E-state index in [0.29, 0.717) is 0 Å². The van der Waals surface area contributed by atoms with Gasteiger partial charge in [-0.15, -0.1) is 11.8 Å². The van der Waals surface area contributed by atoms with E-state index in [0.717, 1.165) is 18.4 Å². The van der Waals surface area contributed by atoms with Gasteiger partial charge in [0.15, 0.2) is 0 Å². The maximum absolute atomic E-state index is 8.92. The van der Waals surface area contributed by atoms with Gasteiger partial charge in [0.05, 0.1) is 11.6 Å². The zero-order valence-corrected chi connectivity index (χ0v) is 9.53. The molecule has 2 heteroatoms. The fourth-order valence-corrected chi connectivity index (χ4v) is 1.84. The van der Waals surface area contributed by atoms with E-state index in [1.165, 1.54) is 16.9 Å². The third-order valence-electron chi connectivity index (χ3n) is 2.23. The van der Waals surface area contributed by atoms with Gasteiger partial charge in [0.25, 0.3) is 0 Å². The predicted molar refractivity (Wildman–Crippen MR) is 61.6 cm³/mol. The van der Waals surface area contributed by atoms with Gasteiger partial charge in [0.1, 0.15) is 0 Å². The molecule has 0 aromatic heterocycles. The fraction of sp³-hybridized carbons (Fsp3) is 0.417. The molecule has 1 aromatic carbocycles. The van der Waals surface area contributed by atoms with Crippen LogP contribution in [-0.2, 0) is 6.42 Å². The van der Waals surface area contributed by atoms with Crippen molar-refractivity contribution in [2.24, 2.45) is 0 Å². The molecule has 0 saturated carbocycles. The van der Waals surface area contributed by atoms with E-state index in [2.05, 4.69) is 25.3 Å². The van der Waals surface area contributed by atoms with Crippen molar-refractivity contribution in [3.8, 4) is 6.07 Å². The lowest BCUT2D eigenvalue weighted by Crippen LogP contribution is -1.90. The Hall–Kier alpha value is -0.940. The smallest absolute Gasteiger partial charge is 0.0994 e. The van der Waals surface area contributed by atoms with Crippen LogP contribution in [0.3, 0.4) is 0 Å². The molecule has 1 aromatic rings. The lowest BCUT2D eigenvalue weighted by Gasteiger charge is -2.04. The average Bonchev–Trinajstić information content (AvgIpc) is 2.25. The average molecular weight is 205 g/mol. The summed E-state index contributed by atoms with van der Waals surface area (Å²) in [4.78, 5) is 1.25. The minimum absolute atomic E-state index is 0.830. The van der Waals surface area contributed by atoms with E-state index in [4.69, 9.17) is 5.26 Å². The molecule has 0 N–H and O–H groups in total. The van der Waals surface area contributed by atoms with Crippen LogP contribution in [0.15, 0.2) is 23.1 Å². The van der Waals surface area contributed by atoms with Crippen molar-refractivity contribution < 1.29 is 0 Å². The van der Waals surface area contributed by atoms with Gasteiger partial charge in [0, 0.05) is 4.90 Å². The number of hydrogen-bond acceptors (Lipinski definition) is 2. The summed E-state index contributed by atoms with van der Waals surface area (Å²) in [6.45, 7) is 2.17. The van der Waals surface area contributed by atoms with Crippen molar-refractivity contribution in [1.82, 2.24) is 0 Å². The normalized spacial score (nSPS) is 9.79. The topological polar surface area (TPSA) is 23.8 Å². The van der Waals surface area contributed by atoms with E-state index < -0.39 is 0 Å². The first-order valence-electron chi connectivity index (χ1n) is 4.88. The largest absolute Gasteiger partial charge is 0.192 e. The molecule has 14 heavy (non-hydrogen) atoms. The monoisotopic (exact) mass is 205 g/mol. The van der Waals surface area contributed by atoms with E-state index in [1.54, 1.807) is 11.8 Å². The molecule has 0 fully saturated rings. The molecule has 0 atom stereocenters. The van der Waals surface area contributed by atoms with E-state index in [1.807, 2.05) is 12.1 Å². The number of unbranched alkanes of at least 4 members (excludes halogenated alkanes) is 1. The first-order chi connectivity index (χ1) is 6.81. The molecule has 0 radical (unpaired) electrons. The highest BCUT2D eigenvalue weighted by Gasteiger charge is 2.02. The Labute approximate surface area is 90.1 Å². The standard InChI is InChI=1S/C12H15NS/c1-3-4-5-10-8-12(14-2)7-6-11(10)9-13/h6-8H,3-5H2,1-2H3. The van der Waals surface area contributed by atoms with Crippen LogP contribution in [-0.4, -0.2) is 6.26 Å². The van der Waals surface area contributed by atoms with E-state index >= 15 is 0 Å². The highest BCUT2D eigenvalue weighted by Crippen LogP contribution is 2.20. The van der Waals surface area contributed by atoms with Crippen LogP contribution in [0.1, 0.15) is 30.9 Å². The number of thioether (sulfide) groups is 1. The lowest BCUT2D eigenvalue weighted by molar-refractivity contribution is 0.792. The summed E-state index contributed by atoms with van der Waals surface area (Å²) in [5, 5.41) is 8.92. The Morgan fingerprint density at radius 2 is 2.21 bits per heavy atom. The van der Waals surface area contributed by atoms with E-state index in [9.17, 15) is 0 Å². The zero-order valence-electron chi connectivity index (χ0n) is 8.71. The number of nitrogens with zero attached hydrogens (tertiary/aromatic N) is 1. The third-order valence-corrected chi connectivity index (χ3v) is 2.96. The lowest BCUT2D eigenvalue weighted by atomic mass is 10.0. The Kier molecular flexibility index (Phi) is 4.55. The van der Waals surface area contributed by atoms with Crippen LogP contribution in [0.5, 0.6) is 0 Å². The van der Waals surface area contributed by atoms with Crippen molar-refractivity contribution >= 4 is 11.8 Å². The first-order valence-corrected chi connectivity index (χ1v) is 6.11. The molecule has 0 amide bonds. The molecular weight excluding hydrogens is 190 g/mol. The highest BCUT2D eigenvalue weighted by atomic mass is 32.2. The summed E-state index contributed by atoms with van der Waals surface area (Å²) >= 11 is 1.73. The Bertz CT molecular complexity index is 339. The molecule has 0 spiro atoms. The van der Waals surface area contributed by atoms with Gasteiger partial charge in [-0.3, -0.25) is 0 Å². The molecule has 0 heterocycles. The molecular formula is C12H15NS. The van der Waals surface area contributed by atoms with Crippen LogP contribution in [0.4, 0.5) is 0 Å². The molecule has 0 unspecified atom stereocenters. The minimum Gasteiger partial charge on any atom is -0.192 e. The Balaban J connectivity index is 2.91. The molecule has 0 bridgehead atoms. The van der Waals surface area contributed by atoms with Crippen LogP contribution in [0.2, 0.25) is 0 Å². The van der Waals surface area contributed by atoms with Crippen molar-refractivity contribution in [2.75, 3.05) is 6.26 Å². The van der Waals surface area contributed by atoms with Crippen molar-refractivity contribution in [3.63, 3.8) is 0 Å². The predicted octanol–water partition coefficient (Wildman–Crippen LogP) is 3.62. The second-order valence-corrected chi connectivity index (χ2v) is 4.12. The first kappa shape index (κ1) is 11.1. The van der Waals surface area contributed by atoms with Gasteiger partial charge >= 0.3 is 0 Å². The van der Waals surface area contributed by atoms with Crippen molar-refractivity contribution in [1.29, 1.82) is 5.26 Å². The van der Waals surface area contributed by atoms with Crippen LogP contribution in [0, 0.1) is 11.3 Å². The number of benzene rings is 1. The van der Waals surface area contributed by atoms with Gasteiger partial charge in [-0.2, -0.15) is 5.26 Å². The quantitative estimate of drug-likeness (QED) is 0.701. The maximum Gasteiger partial charge on any atom is 0.0994 e. The van der Waals surface area contributed by atoms with Gasteiger partial charge < -0.3 is 0 Å². The zero-order chi connectivity index (χ0) is 10.4. The fourth-order valence-electron chi connectivity index (χ4n) is 1.38. The summed E-state index contributed by atoms with van der Waals surface area (Å²) < 4.78 is 0. The second-order valence-electron chi connectivity index (χ2n) is 3.24. The summed E-state index contributed by atoms with van der Waals surface area (Å²) in [5.74, 6) is 0. The molecule has 0 aliphatic rings. The number of nitriles is 1. The highest BCUT2D eigenvalue weighted by molar-refractivity contribution is 7.98. The summed E-state index contributed by atoms with van der Waals surface area (Å²) in [6.07, 6.45) is 5.42. The summed E-state index contributed by atoms with van der Waals surface area (Å²) in [7, 11) is 0. The van der Waals surface area contributed by atoms with Gasteiger partial charge in [-0.25, -0.2) is 0 Å². The maximum atomic E-state index is 8.92. The molecule has 1 nitrogen and oxygen atoms in total. The summed E-state index contributed by atoms with van der Waals surface area (Å²) in [5.41, 5.74) is 2.03. The van der Waals surface area contributed by atoms with Gasteiger partial charge in [-0.1, -0.05) is 13.3 Å².